The van der Waals surface area contributed by atoms with Crippen molar-refractivity contribution in [2.75, 3.05) is 39.6 Å². The van der Waals surface area contributed by atoms with Crippen LogP contribution in [0.2, 0.25) is 0 Å². The molecule has 11 nitrogen and oxygen atoms in total. The average Bonchev–Trinajstić information content (AvgIpc) is 2.85. The number of hydrogen-bond donors (Lipinski definition) is 2. The quantitative estimate of drug-likeness (QED) is 0.0570. The Morgan fingerprint density at radius 2 is 0.838 bits per heavy atom. The molecule has 13 heteroatoms. The lowest BCUT2D eigenvalue weighted by Crippen LogP contribution is -2.28. The standard InChI is InChI=1S/C24H40O11P2/c1-7-23(13-17-29-9-3,14-18-30-10-4)21-33-36(25,26)35-37(27,28)34-22-24(8-2,15-19-31-11-5)16-20-32-12-6/h7-12H,1-6,13-22H2,(H,25,26)(H,27,28). The highest BCUT2D eigenvalue weighted by Gasteiger charge is 2.40. The smallest absolute Gasteiger partial charge is 0.481 e. The summed E-state index contributed by atoms with van der Waals surface area (Å²) in [6.07, 6.45) is 9.33. The summed E-state index contributed by atoms with van der Waals surface area (Å²) in [6, 6.07) is 0. The first-order valence-electron chi connectivity index (χ1n) is 11.3. The summed E-state index contributed by atoms with van der Waals surface area (Å²) < 4.78 is 60.4. The Balaban J connectivity index is 5.37. The molecule has 0 fully saturated rings. The van der Waals surface area contributed by atoms with Crippen LogP contribution in [0.3, 0.4) is 0 Å². The first-order chi connectivity index (χ1) is 17.5. The van der Waals surface area contributed by atoms with Crippen molar-refractivity contribution < 1.29 is 51.2 Å². The molecule has 0 saturated heterocycles. The molecule has 0 bridgehead atoms. The number of hydrogen-bond acceptors (Lipinski definition) is 9. The van der Waals surface area contributed by atoms with Crippen LogP contribution in [0.4, 0.5) is 0 Å². The molecule has 2 atom stereocenters. The van der Waals surface area contributed by atoms with Gasteiger partial charge in [-0.1, -0.05) is 38.5 Å². The van der Waals surface area contributed by atoms with E-state index >= 15 is 0 Å². The van der Waals surface area contributed by atoms with Gasteiger partial charge in [-0.2, -0.15) is 4.31 Å². The van der Waals surface area contributed by atoms with Gasteiger partial charge in [-0.3, -0.25) is 9.05 Å². The molecule has 0 heterocycles. The van der Waals surface area contributed by atoms with Crippen molar-refractivity contribution >= 4 is 15.6 Å². The van der Waals surface area contributed by atoms with Crippen LogP contribution in [-0.2, 0) is 41.4 Å². The number of ether oxygens (including phenoxy) is 4. The van der Waals surface area contributed by atoms with Crippen LogP contribution in [0.25, 0.3) is 0 Å². The van der Waals surface area contributed by atoms with Crippen LogP contribution in [0, 0.1) is 10.8 Å². The van der Waals surface area contributed by atoms with E-state index in [9.17, 15) is 18.9 Å². The second-order valence-corrected chi connectivity index (χ2v) is 10.9. The summed E-state index contributed by atoms with van der Waals surface area (Å²) in [5, 5.41) is 0. The Morgan fingerprint density at radius 3 is 1.05 bits per heavy atom. The maximum atomic E-state index is 12.6. The van der Waals surface area contributed by atoms with Crippen molar-refractivity contribution in [2.24, 2.45) is 10.8 Å². The molecule has 0 aliphatic rings. The van der Waals surface area contributed by atoms with E-state index in [0.717, 1.165) is 0 Å². The average molecular weight is 567 g/mol. The third-order valence-electron chi connectivity index (χ3n) is 5.45. The zero-order valence-corrected chi connectivity index (χ0v) is 23.0. The zero-order chi connectivity index (χ0) is 28.3. The summed E-state index contributed by atoms with van der Waals surface area (Å²) in [5.74, 6) is 0. The van der Waals surface area contributed by atoms with Gasteiger partial charge >= 0.3 is 15.6 Å². The van der Waals surface area contributed by atoms with Gasteiger partial charge in [0.25, 0.3) is 0 Å². The minimum Gasteiger partial charge on any atom is -0.502 e. The van der Waals surface area contributed by atoms with Gasteiger partial charge in [0.15, 0.2) is 0 Å². The predicted octanol–water partition coefficient (Wildman–Crippen LogP) is 5.78. The van der Waals surface area contributed by atoms with Gasteiger partial charge in [-0.05, 0) is 25.7 Å². The van der Waals surface area contributed by atoms with E-state index in [0.29, 0.717) is 25.7 Å². The molecule has 0 rings (SSSR count). The fourth-order valence-electron chi connectivity index (χ4n) is 3.04. The predicted molar refractivity (Wildman–Crippen MR) is 141 cm³/mol. The van der Waals surface area contributed by atoms with Gasteiger partial charge in [0.2, 0.25) is 0 Å². The van der Waals surface area contributed by atoms with Gasteiger partial charge in [0, 0.05) is 10.8 Å². The maximum Gasteiger partial charge on any atom is 0.481 e. The van der Waals surface area contributed by atoms with Gasteiger partial charge in [0.05, 0.1) is 64.7 Å². The monoisotopic (exact) mass is 566 g/mol. The fourth-order valence-corrected chi connectivity index (χ4v) is 5.31. The summed E-state index contributed by atoms with van der Waals surface area (Å²) in [6.45, 7) is 21.5. The summed E-state index contributed by atoms with van der Waals surface area (Å²) in [5.41, 5.74) is -1.77. The normalized spacial score (nSPS) is 14.8. The molecule has 0 saturated carbocycles. The third-order valence-corrected chi connectivity index (χ3v) is 8.01. The second kappa shape index (κ2) is 18.2. The van der Waals surface area contributed by atoms with E-state index in [1.165, 1.54) is 37.2 Å². The van der Waals surface area contributed by atoms with Crippen LogP contribution in [0.5, 0.6) is 0 Å². The molecule has 2 unspecified atom stereocenters. The van der Waals surface area contributed by atoms with E-state index < -0.39 is 26.5 Å². The lowest BCUT2D eigenvalue weighted by atomic mass is 9.82. The molecule has 0 amide bonds. The molecule has 0 spiro atoms. The van der Waals surface area contributed by atoms with Crippen LogP contribution in [0.15, 0.2) is 76.7 Å². The molecule has 0 radical (unpaired) electrons. The first-order valence-corrected chi connectivity index (χ1v) is 14.3. The van der Waals surface area contributed by atoms with Gasteiger partial charge in [-0.25, -0.2) is 9.13 Å². The number of phosphoric ester groups is 2. The molecular formula is C24H40O11P2. The van der Waals surface area contributed by atoms with Crippen molar-refractivity contribution in [3.8, 4) is 0 Å². The minimum atomic E-state index is -5.05. The van der Waals surface area contributed by atoms with Crippen LogP contribution in [-0.4, -0.2) is 49.4 Å². The third kappa shape index (κ3) is 15.0. The Hall–Kier alpha value is -2.10. The van der Waals surface area contributed by atoms with E-state index in [4.69, 9.17) is 28.0 Å². The molecule has 0 aliphatic carbocycles. The highest BCUT2D eigenvalue weighted by Crippen LogP contribution is 2.61. The molecule has 0 aromatic heterocycles. The molecule has 0 aliphatic heterocycles. The molecule has 0 aromatic rings. The molecule has 2 N–H and O–H groups in total. The molecule has 37 heavy (non-hydrogen) atoms. The van der Waals surface area contributed by atoms with E-state index in [-0.39, 0.29) is 39.6 Å². The highest BCUT2D eigenvalue weighted by atomic mass is 31.3. The van der Waals surface area contributed by atoms with Crippen molar-refractivity contribution in [3.05, 3.63) is 76.7 Å². The highest BCUT2D eigenvalue weighted by molar-refractivity contribution is 7.61. The van der Waals surface area contributed by atoms with Gasteiger partial charge < -0.3 is 28.7 Å². The van der Waals surface area contributed by atoms with Crippen LogP contribution >= 0.6 is 15.6 Å². The van der Waals surface area contributed by atoms with Crippen molar-refractivity contribution in [2.45, 2.75) is 25.7 Å². The first kappa shape index (κ1) is 34.9. The zero-order valence-electron chi connectivity index (χ0n) is 21.2. The van der Waals surface area contributed by atoms with Gasteiger partial charge in [0.1, 0.15) is 0 Å². The topological polar surface area (TPSA) is 139 Å². The Morgan fingerprint density at radius 1 is 0.568 bits per heavy atom. The Labute approximate surface area is 219 Å². The lowest BCUT2D eigenvalue weighted by Gasteiger charge is -2.31. The van der Waals surface area contributed by atoms with E-state index in [2.05, 4.69) is 43.8 Å². The van der Waals surface area contributed by atoms with E-state index in [1.807, 2.05) is 0 Å². The van der Waals surface area contributed by atoms with Crippen molar-refractivity contribution in [3.63, 3.8) is 0 Å². The van der Waals surface area contributed by atoms with Gasteiger partial charge in [-0.15, -0.1) is 13.2 Å². The summed E-state index contributed by atoms with van der Waals surface area (Å²) in [7, 11) is -10.1. The number of phosphoric acid groups is 2. The minimum absolute atomic E-state index is 0.208. The lowest BCUT2D eigenvalue weighted by molar-refractivity contribution is 0.0677. The van der Waals surface area contributed by atoms with Crippen molar-refractivity contribution in [1.82, 2.24) is 0 Å². The second-order valence-electron chi connectivity index (χ2n) is 7.85. The SMILES string of the molecule is C=COCCC(C=C)(CCOC=C)COP(=O)(O)OP(=O)(O)OCC(C=C)(CCOC=C)CCOC=C. The van der Waals surface area contributed by atoms with Crippen molar-refractivity contribution in [1.29, 1.82) is 0 Å². The Bertz CT molecular complexity index is 734. The maximum absolute atomic E-state index is 12.6. The fraction of sp³-hybridized carbons (Fsp3) is 0.500. The molecular weight excluding hydrogens is 526 g/mol. The number of rotatable bonds is 26. The van der Waals surface area contributed by atoms with Crippen LogP contribution < -0.4 is 0 Å². The Kier molecular flexibility index (Phi) is 17.2. The molecule has 212 valence electrons. The largest absolute Gasteiger partial charge is 0.502 e. The molecule has 0 aromatic carbocycles. The van der Waals surface area contributed by atoms with E-state index in [1.54, 1.807) is 0 Å². The summed E-state index contributed by atoms with van der Waals surface area (Å²) >= 11 is 0. The van der Waals surface area contributed by atoms with Crippen LogP contribution in [0.1, 0.15) is 25.7 Å². The summed E-state index contributed by atoms with van der Waals surface area (Å²) in [4.78, 5) is 20.3.